The van der Waals surface area contributed by atoms with Gasteiger partial charge in [0.25, 0.3) is 0 Å². The molecule has 0 bridgehead atoms. The Labute approximate surface area is 90.9 Å². The molecule has 1 saturated heterocycles. The van der Waals surface area contributed by atoms with Crippen LogP contribution in [0.5, 0.6) is 0 Å². The summed E-state index contributed by atoms with van der Waals surface area (Å²) in [7, 11) is 0. The van der Waals surface area contributed by atoms with E-state index < -0.39 is 6.10 Å². The molecule has 1 rings (SSSR count). The van der Waals surface area contributed by atoms with Crippen molar-refractivity contribution in [1.82, 2.24) is 4.90 Å². The van der Waals surface area contributed by atoms with E-state index in [1.165, 1.54) is 0 Å². The number of nitrogens with zero attached hydrogens (tertiary/aromatic N) is 1. The lowest BCUT2D eigenvalue weighted by Gasteiger charge is -2.25. The topological polar surface area (TPSA) is 60.8 Å². The first kappa shape index (κ1) is 12.5. The number of aliphatic hydroxyl groups excluding tert-OH is 2. The van der Waals surface area contributed by atoms with Gasteiger partial charge in [0.1, 0.15) is 0 Å². The number of carbonyl (C=O) groups excluding carboxylic acids is 1. The lowest BCUT2D eigenvalue weighted by molar-refractivity contribution is -0.133. The maximum absolute atomic E-state index is 11.8. The molecule has 1 fully saturated rings. The molecule has 1 aliphatic heterocycles. The molecule has 0 aromatic carbocycles. The molecule has 0 aromatic rings. The van der Waals surface area contributed by atoms with Crippen molar-refractivity contribution in [3.8, 4) is 0 Å². The molecule has 0 spiro atoms. The molecule has 15 heavy (non-hydrogen) atoms. The van der Waals surface area contributed by atoms with Crippen molar-refractivity contribution in [3.05, 3.63) is 0 Å². The fraction of sp³-hybridized carbons (Fsp3) is 0.909. The highest BCUT2D eigenvalue weighted by atomic mass is 16.3. The highest BCUT2D eigenvalue weighted by Crippen LogP contribution is 2.24. The van der Waals surface area contributed by atoms with Gasteiger partial charge in [-0.1, -0.05) is 6.92 Å². The first-order valence-corrected chi connectivity index (χ1v) is 5.64. The van der Waals surface area contributed by atoms with Gasteiger partial charge in [-0.3, -0.25) is 4.79 Å². The normalized spacial score (nSPS) is 28.1. The molecule has 4 heteroatoms. The number of likely N-dealkylation sites (tertiary alicyclic amines) is 1. The summed E-state index contributed by atoms with van der Waals surface area (Å²) in [4.78, 5) is 13.5. The third-order valence-corrected chi connectivity index (χ3v) is 3.17. The third kappa shape index (κ3) is 3.18. The average molecular weight is 215 g/mol. The van der Waals surface area contributed by atoms with Gasteiger partial charge in [0.2, 0.25) is 5.91 Å². The second-order valence-electron chi connectivity index (χ2n) is 4.49. The van der Waals surface area contributed by atoms with Gasteiger partial charge in [0, 0.05) is 13.0 Å². The van der Waals surface area contributed by atoms with Crippen molar-refractivity contribution in [2.75, 3.05) is 13.2 Å². The summed E-state index contributed by atoms with van der Waals surface area (Å²) >= 11 is 0. The van der Waals surface area contributed by atoms with E-state index >= 15 is 0 Å². The van der Waals surface area contributed by atoms with Gasteiger partial charge in [-0.25, -0.2) is 0 Å². The molecular weight excluding hydrogens is 194 g/mol. The maximum atomic E-state index is 11.8. The fourth-order valence-corrected chi connectivity index (χ4v) is 2.07. The smallest absolute Gasteiger partial charge is 0.223 e. The fourth-order valence-electron chi connectivity index (χ4n) is 2.07. The number of aliphatic hydroxyl groups is 2. The van der Waals surface area contributed by atoms with Gasteiger partial charge in [-0.15, -0.1) is 0 Å². The molecule has 3 unspecified atom stereocenters. The highest BCUT2D eigenvalue weighted by molar-refractivity contribution is 5.76. The second kappa shape index (κ2) is 5.47. The minimum absolute atomic E-state index is 0.0218. The van der Waals surface area contributed by atoms with Crippen LogP contribution >= 0.6 is 0 Å². The zero-order valence-corrected chi connectivity index (χ0v) is 9.52. The number of hydrogen-bond acceptors (Lipinski definition) is 3. The van der Waals surface area contributed by atoms with Crippen LogP contribution in [0, 0.1) is 5.92 Å². The second-order valence-corrected chi connectivity index (χ2v) is 4.49. The summed E-state index contributed by atoms with van der Waals surface area (Å²) in [5.74, 6) is 0.435. The van der Waals surface area contributed by atoms with Gasteiger partial charge in [0.15, 0.2) is 0 Å². The summed E-state index contributed by atoms with van der Waals surface area (Å²) in [6.07, 6.45) is 1.41. The van der Waals surface area contributed by atoms with Crippen LogP contribution in [0.15, 0.2) is 0 Å². The molecule has 1 aliphatic rings. The molecule has 0 aliphatic carbocycles. The van der Waals surface area contributed by atoms with Gasteiger partial charge in [-0.05, 0) is 25.7 Å². The molecule has 2 N–H and O–H groups in total. The molecule has 4 nitrogen and oxygen atoms in total. The van der Waals surface area contributed by atoms with Crippen LogP contribution in [-0.4, -0.2) is 46.3 Å². The first-order chi connectivity index (χ1) is 7.06. The minimum Gasteiger partial charge on any atom is -0.394 e. The van der Waals surface area contributed by atoms with Crippen LogP contribution in [0.3, 0.4) is 0 Å². The predicted molar refractivity (Wildman–Crippen MR) is 57.3 cm³/mol. The summed E-state index contributed by atoms with van der Waals surface area (Å²) in [5.41, 5.74) is 0. The Morgan fingerprint density at radius 1 is 1.60 bits per heavy atom. The standard InChI is InChI=1S/C11H21NO3/c1-8-5-6-12(10(8)7-13)11(15)4-3-9(2)14/h8-10,13-14H,3-7H2,1-2H3. The number of carbonyl (C=O) groups is 1. The van der Waals surface area contributed by atoms with Crippen molar-refractivity contribution < 1.29 is 15.0 Å². The van der Waals surface area contributed by atoms with E-state index in [-0.39, 0.29) is 18.6 Å². The van der Waals surface area contributed by atoms with Gasteiger partial charge >= 0.3 is 0 Å². The van der Waals surface area contributed by atoms with Gasteiger partial charge in [0.05, 0.1) is 18.8 Å². The van der Waals surface area contributed by atoms with Gasteiger partial charge < -0.3 is 15.1 Å². The summed E-state index contributed by atoms with van der Waals surface area (Å²) in [5, 5.41) is 18.3. The van der Waals surface area contributed by atoms with Crippen LogP contribution in [0.4, 0.5) is 0 Å². The van der Waals surface area contributed by atoms with E-state index in [9.17, 15) is 9.90 Å². The predicted octanol–water partition coefficient (Wildman–Crippen LogP) is 0.377. The van der Waals surface area contributed by atoms with Crippen LogP contribution in [0.25, 0.3) is 0 Å². The number of rotatable bonds is 4. The van der Waals surface area contributed by atoms with E-state index in [4.69, 9.17) is 5.11 Å². The average Bonchev–Trinajstić information content (AvgIpc) is 2.55. The Balaban J connectivity index is 2.45. The van der Waals surface area contributed by atoms with Crippen LogP contribution < -0.4 is 0 Å². The number of hydrogen-bond donors (Lipinski definition) is 2. The molecular formula is C11H21NO3. The summed E-state index contributed by atoms with van der Waals surface area (Å²) in [6, 6.07) is -0.0218. The molecule has 1 heterocycles. The Kier molecular flexibility index (Phi) is 4.54. The van der Waals surface area contributed by atoms with E-state index in [2.05, 4.69) is 6.92 Å². The van der Waals surface area contributed by atoms with E-state index in [1.54, 1.807) is 11.8 Å². The van der Waals surface area contributed by atoms with Crippen LogP contribution in [0.2, 0.25) is 0 Å². The molecule has 88 valence electrons. The highest BCUT2D eigenvalue weighted by Gasteiger charge is 2.33. The Bertz CT molecular complexity index is 218. The van der Waals surface area contributed by atoms with E-state index in [0.29, 0.717) is 18.8 Å². The molecule has 3 atom stereocenters. The molecule has 0 radical (unpaired) electrons. The van der Waals surface area contributed by atoms with Crippen molar-refractivity contribution in [1.29, 1.82) is 0 Å². The van der Waals surface area contributed by atoms with Crippen LogP contribution in [0.1, 0.15) is 33.1 Å². The van der Waals surface area contributed by atoms with Gasteiger partial charge in [-0.2, -0.15) is 0 Å². The molecule has 1 amide bonds. The quantitative estimate of drug-likeness (QED) is 0.712. The Hall–Kier alpha value is -0.610. The SMILES string of the molecule is CC(O)CCC(=O)N1CCC(C)C1CO. The van der Waals surface area contributed by atoms with E-state index in [0.717, 1.165) is 13.0 Å². The third-order valence-electron chi connectivity index (χ3n) is 3.17. The number of amides is 1. The van der Waals surface area contributed by atoms with Crippen molar-refractivity contribution in [2.24, 2.45) is 5.92 Å². The summed E-state index contributed by atoms with van der Waals surface area (Å²) < 4.78 is 0. The van der Waals surface area contributed by atoms with Crippen LogP contribution in [-0.2, 0) is 4.79 Å². The zero-order chi connectivity index (χ0) is 11.4. The summed E-state index contributed by atoms with van der Waals surface area (Å²) in [6.45, 7) is 4.53. The lowest BCUT2D eigenvalue weighted by Crippen LogP contribution is -2.39. The molecule has 0 aromatic heterocycles. The first-order valence-electron chi connectivity index (χ1n) is 5.64. The Morgan fingerprint density at radius 2 is 2.27 bits per heavy atom. The zero-order valence-electron chi connectivity index (χ0n) is 9.52. The van der Waals surface area contributed by atoms with Crippen molar-refractivity contribution in [2.45, 2.75) is 45.3 Å². The minimum atomic E-state index is -0.429. The van der Waals surface area contributed by atoms with Crippen molar-refractivity contribution >= 4 is 5.91 Å². The largest absolute Gasteiger partial charge is 0.394 e. The lowest BCUT2D eigenvalue weighted by atomic mass is 10.0. The Morgan fingerprint density at radius 3 is 2.80 bits per heavy atom. The monoisotopic (exact) mass is 215 g/mol. The van der Waals surface area contributed by atoms with E-state index in [1.807, 2.05) is 0 Å². The van der Waals surface area contributed by atoms with Crippen molar-refractivity contribution in [3.63, 3.8) is 0 Å². The maximum Gasteiger partial charge on any atom is 0.223 e. The molecule has 0 saturated carbocycles.